The third kappa shape index (κ3) is 6.52. The van der Waals surface area contributed by atoms with Gasteiger partial charge in [0.1, 0.15) is 12.4 Å². The Morgan fingerprint density at radius 1 is 1.14 bits per heavy atom. The van der Waals surface area contributed by atoms with Crippen LogP contribution in [0.4, 0.5) is 11.4 Å². The van der Waals surface area contributed by atoms with Gasteiger partial charge in [0.05, 0.1) is 41.2 Å². The summed E-state index contributed by atoms with van der Waals surface area (Å²) in [5.74, 6) is 0.902. The average Bonchev–Trinajstić information content (AvgIpc) is 3.34. The number of rotatable bonds is 9. The summed E-state index contributed by atoms with van der Waals surface area (Å²) in [5, 5.41) is 6.81. The standard InChI is InChI=1S/C26H33Cl2N5O4/c1-32-8-9-37-24-19(10-17(27)11-22(24)32)26(35)30-5-3-6-33-7-4-16(15-33)14-31-25(34)18-12-20(28)21(29)13-23(18)36-2/h10-13,16H,3-9,14-15,29H2,1-2H3,(H,30,35)(H,31,34). The summed E-state index contributed by atoms with van der Waals surface area (Å²) in [6.07, 6.45) is 1.81. The summed E-state index contributed by atoms with van der Waals surface area (Å²) < 4.78 is 11.0. The van der Waals surface area contributed by atoms with E-state index in [0.29, 0.717) is 64.0 Å². The molecule has 200 valence electrons. The highest BCUT2D eigenvalue weighted by atomic mass is 35.5. The van der Waals surface area contributed by atoms with Crippen molar-refractivity contribution in [3.05, 3.63) is 45.4 Å². The van der Waals surface area contributed by atoms with Crippen LogP contribution in [0.15, 0.2) is 24.3 Å². The molecule has 4 N–H and O–H groups in total. The molecule has 0 spiro atoms. The van der Waals surface area contributed by atoms with Crippen LogP contribution in [0.2, 0.25) is 10.0 Å². The predicted molar refractivity (Wildman–Crippen MR) is 146 cm³/mol. The van der Waals surface area contributed by atoms with Crippen molar-refractivity contribution in [2.45, 2.75) is 12.8 Å². The number of nitrogens with one attached hydrogen (secondary N) is 2. The smallest absolute Gasteiger partial charge is 0.255 e. The summed E-state index contributed by atoms with van der Waals surface area (Å²) in [6.45, 7) is 5.08. The third-order valence-corrected chi connectivity index (χ3v) is 7.33. The molecule has 37 heavy (non-hydrogen) atoms. The number of amides is 2. The molecule has 2 heterocycles. The van der Waals surface area contributed by atoms with Crippen molar-refractivity contribution in [3.8, 4) is 11.5 Å². The molecule has 2 amide bonds. The SMILES string of the molecule is COc1cc(N)c(Cl)cc1C(=O)NCC1CCN(CCCNC(=O)c2cc(Cl)cc3c2OCCN3C)C1. The van der Waals surface area contributed by atoms with Gasteiger partial charge in [-0.05, 0) is 50.0 Å². The minimum absolute atomic E-state index is 0.186. The molecular formula is C26H33Cl2N5O4. The third-order valence-electron chi connectivity index (χ3n) is 6.78. The molecule has 1 unspecified atom stereocenters. The highest BCUT2D eigenvalue weighted by Gasteiger charge is 2.25. The van der Waals surface area contributed by atoms with Gasteiger partial charge in [-0.3, -0.25) is 9.59 Å². The Bertz CT molecular complexity index is 1160. The monoisotopic (exact) mass is 549 g/mol. The van der Waals surface area contributed by atoms with Crippen LogP contribution in [-0.2, 0) is 0 Å². The van der Waals surface area contributed by atoms with Crippen molar-refractivity contribution in [3.63, 3.8) is 0 Å². The maximum absolute atomic E-state index is 12.8. The van der Waals surface area contributed by atoms with E-state index < -0.39 is 0 Å². The van der Waals surface area contributed by atoms with Gasteiger partial charge in [-0.15, -0.1) is 0 Å². The molecule has 11 heteroatoms. The summed E-state index contributed by atoms with van der Waals surface area (Å²) in [5.41, 5.74) is 7.83. The van der Waals surface area contributed by atoms with E-state index in [9.17, 15) is 9.59 Å². The van der Waals surface area contributed by atoms with E-state index in [1.165, 1.54) is 13.2 Å². The van der Waals surface area contributed by atoms with E-state index in [-0.39, 0.29) is 11.8 Å². The van der Waals surface area contributed by atoms with E-state index in [0.717, 1.165) is 44.7 Å². The van der Waals surface area contributed by atoms with E-state index in [1.54, 1.807) is 12.1 Å². The van der Waals surface area contributed by atoms with Crippen LogP contribution >= 0.6 is 23.2 Å². The first-order valence-corrected chi connectivity index (χ1v) is 13.1. The van der Waals surface area contributed by atoms with Crippen molar-refractivity contribution in [1.29, 1.82) is 0 Å². The van der Waals surface area contributed by atoms with Crippen LogP contribution in [0.25, 0.3) is 0 Å². The molecule has 0 bridgehead atoms. The molecule has 4 rings (SSSR count). The first-order chi connectivity index (χ1) is 17.8. The number of ether oxygens (including phenoxy) is 2. The fraction of sp³-hybridized carbons (Fsp3) is 0.462. The number of benzene rings is 2. The Labute approximate surface area is 227 Å². The molecule has 0 radical (unpaired) electrons. The maximum Gasteiger partial charge on any atom is 0.255 e. The van der Waals surface area contributed by atoms with Gasteiger partial charge in [-0.25, -0.2) is 0 Å². The lowest BCUT2D eigenvalue weighted by Gasteiger charge is -2.29. The molecule has 0 aliphatic carbocycles. The number of likely N-dealkylation sites (N-methyl/N-ethyl adjacent to an activating group) is 1. The van der Waals surface area contributed by atoms with E-state index in [4.69, 9.17) is 38.4 Å². The van der Waals surface area contributed by atoms with Crippen LogP contribution in [-0.4, -0.2) is 76.7 Å². The average molecular weight is 550 g/mol. The van der Waals surface area contributed by atoms with Crippen LogP contribution in [0.5, 0.6) is 11.5 Å². The van der Waals surface area contributed by atoms with Crippen LogP contribution in [0.3, 0.4) is 0 Å². The van der Waals surface area contributed by atoms with Crippen LogP contribution in [0.1, 0.15) is 33.6 Å². The maximum atomic E-state index is 12.8. The summed E-state index contributed by atoms with van der Waals surface area (Å²) in [7, 11) is 3.45. The highest BCUT2D eigenvalue weighted by Crippen LogP contribution is 2.37. The zero-order valence-corrected chi connectivity index (χ0v) is 22.6. The highest BCUT2D eigenvalue weighted by molar-refractivity contribution is 6.33. The normalized spacial score (nSPS) is 17.2. The Hall–Kier alpha value is -2.88. The second-order valence-corrected chi connectivity index (χ2v) is 10.3. The van der Waals surface area contributed by atoms with Gasteiger partial charge < -0.3 is 35.6 Å². The number of carbonyl (C=O) groups is 2. The number of halogens is 2. The molecule has 0 saturated carbocycles. The number of fused-ring (bicyclic) bond motifs is 1. The zero-order valence-electron chi connectivity index (χ0n) is 21.1. The molecule has 2 aliphatic rings. The first-order valence-electron chi connectivity index (χ1n) is 12.4. The summed E-state index contributed by atoms with van der Waals surface area (Å²) >= 11 is 12.3. The van der Waals surface area contributed by atoms with Crippen molar-refractivity contribution in [2.24, 2.45) is 5.92 Å². The Balaban J connectivity index is 1.20. The topological polar surface area (TPSA) is 109 Å². The number of anilines is 2. The molecule has 9 nitrogen and oxygen atoms in total. The lowest BCUT2D eigenvalue weighted by atomic mass is 10.1. The number of methoxy groups -OCH3 is 1. The Kier molecular flexibility index (Phi) is 8.89. The fourth-order valence-corrected chi connectivity index (χ4v) is 5.09. The van der Waals surface area contributed by atoms with Gasteiger partial charge in [0, 0.05) is 37.8 Å². The molecule has 2 aromatic rings. The molecular weight excluding hydrogens is 517 g/mol. The minimum Gasteiger partial charge on any atom is -0.496 e. The zero-order chi connectivity index (χ0) is 26.5. The number of carbonyl (C=O) groups excluding carboxylic acids is 2. The van der Waals surface area contributed by atoms with Gasteiger partial charge in [0.25, 0.3) is 11.8 Å². The number of hydrogen-bond acceptors (Lipinski definition) is 7. The number of nitrogens with zero attached hydrogens (tertiary/aromatic N) is 2. The lowest BCUT2D eigenvalue weighted by molar-refractivity contribution is 0.0939. The van der Waals surface area contributed by atoms with Crippen LogP contribution < -0.4 is 30.7 Å². The Morgan fingerprint density at radius 2 is 1.92 bits per heavy atom. The second-order valence-electron chi connectivity index (χ2n) is 9.42. The van der Waals surface area contributed by atoms with Crippen LogP contribution in [0, 0.1) is 5.92 Å². The van der Waals surface area contributed by atoms with Gasteiger partial charge in [-0.2, -0.15) is 0 Å². The van der Waals surface area contributed by atoms with E-state index >= 15 is 0 Å². The van der Waals surface area contributed by atoms with E-state index in [1.807, 2.05) is 18.0 Å². The van der Waals surface area contributed by atoms with Crippen molar-refractivity contribution in [1.82, 2.24) is 15.5 Å². The lowest BCUT2D eigenvalue weighted by Crippen LogP contribution is -2.33. The van der Waals surface area contributed by atoms with Gasteiger partial charge in [0.15, 0.2) is 5.75 Å². The van der Waals surface area contributed by atoms with Gasteiger partial charge in [0.2, 0.25) is 0 Å². The van der Waals surface area contributed by atoms with Crippen molar-refractivity contribution >= 4 is 46.4 Å². The molecule has 1 atom stereocenters. The number of nitrogen functional groups attached to an aromatic ring is 1. The fourth-order valence-electron chi connectivity index (χ4n) is 4.72. The molecule has 1 fully saturated rings. The predicted octanol–water partition coefficient (Wildman–Crippen LogP) is 3.28. The van der Waals surface area contributed by atoms with Crippen molar-refractivity contribution < 1.29 is 19.1 Å². The quantitative estimate of drug-likeness (QED) is 0.325. The largest absolute Gasteiger partial charge is 0.496 e. The number of likely N-dealkylation sites (tertiary alicyclic amines) is 1. The first kappa shape index (κ1) is 27.2. The molecule has 2 aromatic carbocycles. The molecule has 1 saturated heterocycles. The Morgan fingerprint density at radius 3 is 2.70 bits per heavy atom. The summed E-state index contributed by atoms with van der Waals surface area (Å²) in [4.78, 5) is 29.9. The summed E-state index contributed by atoms with van der Waals surface area (Å²) in [6, 6.07) is 6.56. The molecule has 0 aromatic heterocycles. The molecule has 2 aliphatic heterocycles. The number of nitrogens with two attached hydrogens (primary N) is 1. The number of hydrogen-bond donors (Lipinski definition) is 3. The van der Waals surface area contributed by atoms with E-state index in [2.05, 4.69) is 15.5 Å². The van der Waals surface area contributed by atoms with Gasteiger partial charge >= 0.3 is 0 Å². The second kappa shape index (κ2) is 12.1. The van der Waals surface area contributed by atoms with Crippen molar-refractivity contribution in [2.75, 3.05) is 70.7 Å². The minimum atomic E-state index is -0.238. The van der Waals surface area contributed by atoms with Gasteiger partial charge in [-0.1, -0.05) is 23.2 Å².